The van der Waals surface area contributed by atoms with E-state index in [-0.39, 0.29) is 11.7 Å². The number of hydrogen-bond donors (Lipinski definition) is 2. The van der Waals surface area contributed by atoms with Gasteiger partial charge in [-0.25, -0.2) is 4.39 Å². The van der Waals surface area contributed by atoms with Gasteiger partial charge < -0.3 is 15.0 Å². The van der Waals surface area contributed by atoms with E-state index in [2.05, 4.69) is 10.3 Å². The molecule has 0 aliphatic rings. The number of methoxy groups -OCH3 is 1. The van der Waals surface area contributed by atoms with Crippen molar-refractivity contribution in [1.82, 2.24) is 10.3 Å². The molecule has 4 nitrogen and oxygen atoms in total. The minimum absolute atomic E-state index is 0.207. The molecule has 5 heteroatoms. The summed E-state index contributed by atoms with van der Waals surface area (Å²) < 4.78 is 18.0. The Morgan fingerprint density at radius 3 is 3.00 bits per heavy atom. The van der Waals surface area contributed by atoms with Gasteiger partial charge in [-0.15, -0.1) is 0 Å². The average Bonchev–Trinajstić information content (AvgIpc) is 2.67. The van der Waals surface area contributed by atoms with Gasteiger partial charge in [0.1, 0.15) is 11.5 Å². The summed E-state index contributed by atoms with van der Waals surface area (Å²) in [5, 5.41) is 3.46. The third-order valence-electron chi connectivity index (χ3n) is 2.84. The largest absolute Gasteiger partial charge is 0.383 e. The van der Waals surface area contributed by atoms with Gasteiger partial charge in [0.05, 0.1) is 6.61 Å². The average molecular weight is 250 g/mol. The zero-order valence-corrected chi connectivity index (χ0v) is 10.3. The molecule has 1 amide bonds. The lowest BCUT2D eigenvalue weighted by molar-refractivity contribution is 0.0932. The fourth-order valence-electron chi connectivity index (χ4n) is 1.88. The monoisotopic (exact) mass is 250 g/mol. The number of aromatic amines is 1. The van der Waals surface area contributed by atoms with Gasteiger partial charge in [0.2, 0.25) is 0 Å². The van der Waals surface area contributed by atoms with Crippen molar-refractivity contribution in [3.05, 3.63) is 35.3 Å². The third kappa shape index (κ3) is 2.36. The van der Waals surface area contributed by atoms with Crippen molar-refractivity contribution in [2.75, 3.05) is 20.3 Å². The van der Waals surface area contributed by atoms with Crippen LogP contribution >= 0.6 is 0 Å². The first-order chi connectivity index (χ1) is 8.63. The quantitative estimate of drug-likeness (QED) is 0.815. The van der Waals surface area contributed by atoms with Crippen LogP contribution in [0.3, 0.4) is 0 Å². The molecule has 96 valence electrons. The van der Waals surface area contributed by atoms with Crippen LogP contribution in [0, 0.1) is 12.7 Å². The molecule has 2 aromatic rings. The number of carbonyl (C=O) groups is 1. The van der Waals surface area contributed by atoms with Crippen LogP contribution in [0.2, 0.25) is 0 Å². The van der Waals surface area contributed by atoms with Crippen molar-refractivity contribution in [1.29, 1.82) is 0 Å². The summed E-state index contributed by atoms with van der Waals surface area (Å²) in [6.45, 7) is 2.70. The van der Waals surface area contributed by atoms with E-state index < -0.39 is 0 Å². The normalized spacial score (nSPS) is 10.8. The SMILES string of the molecule is COCCNC(=O)c1[nH]c2ccc(F)cc2c1C. The van der Waals surface area contributed by atoms with Crippen molar-refractivity contribution >= 4 is 16.8 Å². The number of halogens is 1. The Kier molecular flexibility index (Phi) is 3.62. The Morgan fingerprint density at radius 2 is 2.28 bits per heavy atom. The molecule has 0 atom stereocenters. The summed E-state index contributed by atoms with van der Waals surface area (Å²) in [5.41, 5.74) is 1.97. The fraction of sp³-hybridized carbons (Fsp3) is 0.308. The molecule has 1 aromatic carbocycles. The van der Waals surface area contributed by atoms with Crippen molar-refractivity contribution in [3.8, 4) is 0 Å². The molecule has 0 aliphatic carbocycles. The molecule has 0 spiro atoms. The highest BCUT2D eigenvalue weighted by atomic mass is 19.1. The number of H-pyrrole nitrogens is 1. The van der Waals surface area contributed by atoms with Gasteiger partial charge in [0.25, 0.3) is 5.91 Å². The van der Waals surface area contributed by atoms with Crippen LogP contribution in [0.1, 0.15) is 16.1 Å². The number of rotatable bonds is 4. The zero-order valence-electron chi connectivity index (χ0n) is 10.3. The van der Waals surface area contributed by atoms with Crippen LogP contribution in [-0.4, -0.2) is 31.2 Å². The number of hydrogen-bond acceptors (Lipinski definition) is 2. The molecule has 2 rings (SSSR count). The van der Waals surface area contributed by atoms with Gasteiger partial charge in [0.15, 0.2) is 0 Å². The molecule has 1 aromatic heterocycles. The molecule has 0 bridgehead atoms. The first kappa shape index (κ1) is 12.6. The number of carbonyl (C=O) groups excluding carboxylic acids is 1. The van der Waals surface area contributed by atoms with Gasteiger partial charge in [-0.1, -0.05) is 0 Å². The fourth-order valence-corrected chi connectivity index (χ4v) is 1.88. The molecule has 0 radical (unpaired) electrons. The number of benzene rings is 1. The van der Waals surface area contributed by atoms with E-state index >= 15 is 0 Å². The van der Waals surface area contributed by atoms with Crippen molar-refractivity contribution in [3.63, 3.8) is 0 Å². The summed E-state index contributed by atoms with van der Waals surface area (Å²) in [6.07, 6.45) is 0. The van der Waals surface area contributed by atoms with E-state index in [0.29, 0.717) is 18.8 Å². The Morgan fingerprint density at radius 1 is 1.50 bits per heavy atom. The highest BCUT2D eigenvalue weighted by molar-refractivity contribution is 6.00. The van der Waals surface area contributed by atoms with E-state index in [0.717, 1.165) is 16.5 Å². The predicted molar refractivity (Wildman–Crippen MR) is 67.2 cm³/mol. The third-order valence-corrected chi connectivity index (χ3v) is 2.84. The van der Waals surface area contributed by atoms with Gasteiger partial charge in [-0.05, 0) is 30.7 Å². The first-order valence-corrected chi connectivity index (χ1v) is 5.68. The second-order valence-electron chi connectivity index (χ2n) is 4.06. The number of nitrogens with one attached hydrogen (secondary N) is 2. The number of amides is 1. The zero-order chi connectivity index (χ0) is 13.1. The Bertz CT molecular complexity index is 578. The Hall–Kier alpha value is -1.88. The van der Waals surface area contributed by atoms with Gasteiger partial charge in [-0.3, -0.25) is 4.79 Å². The number of aryl methyl sites for hydroxylation is 1. The maximum Gasteiger partial charge on any atom is 0.268 e. The minimum Gasteiger partial charge on any atom is -0.383 e. The predicted octanol–water partition coefficient (Wildman–Crippen LogP) is 1.99. The molecule has 18 heavy (non-hydrogen) atoms. The molecule has 0 unspecified atom stereocenters. The number of ether oxygens (including phenoxy) is 1. The van der Waals surface area contributed by atoms with Gasteiger partial charge >= 0.3 is 0 Å². The standard InChI is InChI=1S/C13H15FN2O2/c1-8-10-7-9(14)3-4-11(10)16-12(8)13(17)15-5-6-18-2/h3-4,7,16H,5-6H2,1-2H3,(H,15,17). The highest BCUT2D eigenvalue weighted by Gasteiger charge is 2.14. The van der Waals surface area contributed by atoms with Crippen molar-refractivity contribution in [2.45, 2.75) is 6.92 Å². The molecule has 0 saturated heterocycles. The number of aromatic nitrogens is 1. The first-order valence-electron chi connectivity index (χ1n) is 5.68. The van der Waals surface area contributed by atoms with Crippen LogP contribution in [0.5, 0.6) is 0 Å². The maximum atomic E-state index is 13.1. The van der Waals surface area contributed by atoms with E-state index in [1.54, 1.807) is 20.1 Å². The van der Waals surface area contributed by atoms with E-state index in [1.165, 1.54) is 12.1 Å². The second-order valence-corrected chi connectivity index (χ2v) is 4.06. The van der Waals surface area contributed by atoms with E-state index in [9.17, 15) is 9.18 Å². The summed E-state index contributed by atoms with van der Waals surface area (Å²) in [7, 11) is 1.57. The van der Waals surface area contributed by atoms with E-state index in [1.807, 2.05) is 0 Å². The lowest BCUT2D eigenvalue weighted by atomic mass is 10.1. The van der Waals surface area contributed by atoms with Gasteiger partial charge in [0, 0.05) is 24.6 Å². The molecular weight excluding hydrogens is 235 g/mol. The Labute approximate surface area is 104 Å². The second kappa shape index (κ2) is 5.18. The molecule has 2 N–H and O–H groups in total. The van der Waals surface area contributed by atoms with Crippen LogP contribution < -0.4 is 5.32 Å². The van der Waals surface area contributed by atoms with Crippen molar-refractivity contribution < 1.29 is 13.9 Å². The summed E-state index contributed by atoms with van der Waals surface area (Å²) in [5.74, 6) is -0.517. The van der Waals surface area contributed by atoms with Crippen LogP contribution in [0.15, 0.2) is 18.2 Å². The molecular formula is C13H15FN2O2. The van der Waals surface area contributed by atoms with Crippen LogP contribution in [0.4, 0.5) is 4.39 Å². The topological polar surface area (TPSA) is 54.1 Å². The summed E-state index contributed by atoms with van der Waals surface area (Å²) in [4.78, 5) is 14.9. The lowest BCUT2D eigenvalue weighted by Gasteiger charge is -2.03. The Balaban J connectivity index is 2.28. The summed E-state index contributed by atoms with van der Waals surface area (Å²) in [6, 6.07) is 4.42. The molecule has 0 saturated carbocycles. The van der Waals surface area contributed by atoms with Crippen LogP contribution in [-0.2, 0) is 4.74 Å². The van der Waals surface area contributed by atoms with Crippen LogP contribution in [0.25, 0.3) is 10.9 Å². The molecule has 1 heterocycles. The smallest absolute Gasteiger partial charge is 0.268 e. The molecule has 0 fully saturated rings. The molecule has 0 aliphatic heterocycles. The van der Waals surface area contributed by atoms with Crippen molar-refractivity contribution in [2.24, 2.45) is 0 Å². The number of fused-ring (bicyclic) bond motifs is 1. The highest BCUT2D eigenvalue weighted by Crippen LogP contribution is 2.22. The van der Waals surface area contributed by atoms with E-state index in [4.69, 9.17) is 4.74 Å². The summed E-state index contributed by atoms with van der Waals surface area (Å²) >= 11 is 0. The minimum atomic E-state index is -0.309. The maximum absolute atomic E-state index is 13.1. The van der Waals surface area contributed by atoms with Gasteiger partial charge in [-0.2, -0.15) is 0 Å². The lowest BCUT2D eigenvalue weighted by Crippen LogP contribution is -2.27.